The van der Waals surface area contributed by atoms with Crippen LogP contribution in [0, 0.1) is 42.2 Å². The van der Waals surface area contributed by atoms with Crippen LogP contribution < -0.4 is 0 Å². The Balaban J connectivity index is 1.90. The van der Waals surface area contributed by atoms with Crippen molar-refractivity contribution >= 4 is 17.8 Å². The number of benzene rings is 1. The van der Waals surface area contributed by atoms with E-state index in [-0.39, 0.29) is 11.6 Å². The van der Waals surface area contributed by atoms with Crippen LogP contribution in [0.1, 0.15) is 28.2 Å². The van der Waals surface area contributed by atoms with Crippen LogP contribution in [0.2, 0.25) is 0 Å². The molecular formula is C19H15N3O4. The summed E-state index contributed by atoms with van der Waals surface area (Å²) in [4.78, 5) is 14.8. The highest BCUT2D eigenvalue weighted by molar-refractivity contribution is 5.80. The van der Waals surface area contributed by atoms with Gasteiger partial charge in [-0.15, -0.1) is 0 Å². The van der Waals surface area contributed by atoms with Crippen molar-refractivity contribution < 1.29 is 13.8 Å². The molecule has 0 spiro atoms. The molecule has 0 radical (unpaired) electrons. The molecule has 0 bridgehead atoms. The highest BCUT2D eigenvalue weighted by atomic mass is 16.6. The Morgan fingerprint density at radius 1 is 1.19 bits per heavy atom. The van der Waals surface area contributed by atoms with Crippen molar-refractivity contribution in [2.75, 3.05) is 0 Å². The summed E-state index contributed by atoms with van der Waals surface area (Å²) in [5.74, 6) is 1.80. The molecule has 0 fully saturated rings. The van der Waals surface area contributed by atoms with Crippen molar-refractivity contribution in [3.8, 4) is 17.4 Å². The lowest BCUT2D eigenvalue weighted by Crippen LogP contribution is -1.91. The minimum absolute atomic E-state index is 0.0364. The number of nitro benzene ring substituents is 1. The van der Waals surface area contributed by atoms with Crippen molar-refractivity contribution in [1.82, 2.24) is 0 Å². The van der Waals surface area contributed by atoms with E-state index < -0.39 is 4.92 Å². The number of aliphatic imine (C=N–C) groups is 1. The van der Waals surface area contributed by atoms with E-state index in [4.69, 9.17) is 8.83 Å². The second-order valence-corrected chi connectivity index (χ2v) is 5.79. The molecule has 0 saturated heterocycles. The molecule has 0 saturated carbocycles. The smallest absolute Gasteiger partial charge is 0.273 e. The van der Waals surface area contributed by atoms with E-state index in [1.54, 1.807) is 45.0 Å². The van der Waals surface area contributed by atoms with Crippen LogP contribution in [-0.2, 0) is 0 Å². The Bertz CT molecular complexity index is 1070. The summed E-state index contributed by atoms with van der Waals surface area (Å²) in [5.41, 5.74) is 2.37. The second-order valence-electron chi connectivity index (χ2n) is 5.79. The van der Waals surface area contributed by atoms with Crippen LogP contribution in [-0.4, -0.2) is 11.1 Å². The van der Waals surface area contributed by atoms with Crippen molar-refractivity contribution in [2.24, 2.45) is 4.99 Å². The molecule has 7 heteroatoms. The molecule has 0 aliphatic carbocycles. The summed E-state index contributed by atoms with van der Waals surface area (Å²) < 4.78 is 11.1. The first kappa shape index (κ1) is 17.2. The molecule has 2 heterocycles. The average Bonchev–Trinajstić information content (AvgIpc) is 3.18. The minimum atomic E-state index is -0.421. The number of rotatable bonds is 4. The summed E-state index contributed by atoms with van der Waals surface area (Å²) in [6.07, 6.45) is 1.45. The maximum atomic E-state index is 11.1. The zero-order chi connectivity index (χ0) is 18.8. The van der Waals surface area contributed by atoms with Gasteiger partial charge in [0.25, 0.3) is 5.69 Å². The summed E-state index contributed by atoms with van der Waals surface area (Å²) in [6.45, 7) is 5.25. The Morgan fingerprint density at radius 2 is 1.96 bits per heavy atom. The van der Waals surface area contributed by atoms with Gasteiger partial charge in [-0.3, -0.25) is 10.1 Å². The molecule has 0 unspecified atom stereocenters. The van der Waals surface area contributed by atoms with E-state index in [0.29, 0.717) is 34.0 Å². The summed E-state index contributed by atoms with van der Waals surface area (Å²) in [6, 6.07) is 10.4. The van der Waals surface area contributed by atoms with Gasteiger partial charge in [-0.1, -0.05) is 12.1 Å². The molecular weight excluding hydrogens is 334 g/mol. The molecule has 130 valence electrons. The standard InChI is InChI=1S/C19H15N3O4/c1-11-4-5-14(8-17(11)22(23)24)18-7-6-15(26-18)10-21-19-16(9-20)12(2)13(3)25-19/h4-8,10H,1-3H3. The van der Waals surface area contributed by atoms with E-state index in [1.807, 2.05) is 0 Å². The van der Waals surface area contributed by atoms with Crippen LogP contribution in [0.15, 0.2) is 44.2 Å². The first-order valence-electron chi connectivity index (χ1n) is 7.80. The third-order valence-electron chi connectivity index (χ3n) is 4.10. The average molecular weight is 349 g/mol. The van der Waals surface area contributed by atoms with E-state index in [9.17, 15) is 15.4 Å². The minimum Gasteiger partial charge on any atom is -0.455 e. The second kappa shape index (κ2) is 6.69. The third kappa shape index (κ3) is 3.13. The van der Waals surface area contributed by atoms with Crippen LogP contribution >= 0.6 is 0 Å². The Hall–Kier alpha value is -3.66. The highest BCUT2D eigenvalue weighted by Crippen LogP contribution is 2.29. The monoisotopic (exact) mass is 349 g/mol. The fraction of sp³-hybridized carbons (Fsp3) is 0.158. The van der Waals surface area contributed by atoms with Gasteiger partial charge in [0.2, 0.25) is 5.88 Å². The fourth-order valence-corrected chi connectivity index (χ4v) is 2.49. The lowest BCUT2D eigenvalue weighted by atomic mass is 10.1. The Kier molecular flexibility index (Phi) is 4.42. The van der Waals surface area contributed by atoms with Gasteiger partial charge in [0.05, 0.1) is 11.1 Å². The number of nitro groups is 1. The van der Waals surface area contributed by atoms with E-state index in [2.05, 4.69) is 11.1 Å². The highest BCUT2D eigenvalue weighted by Gasteiger charge is 2.15. The SMILES string of the molecule is Cc1ccc(-c2ccc(C=Nc3oc(C)c(C)c3C#N)o2)cc1[N+](=O)[O-]. The zero-order valence-electron chi connectivity index (χ0n) is 14.4. The van der Waals surface area contributed by atoms with E-state index in [1.165, 1.54) is 12.3 Å². The number of aryl methyl sites for hydroxylation is 2. The van der Waals surface area contributed by atoms with Gasteiger partial charge in [0.15, 0.2) is 0 Å². The molecule has 0 atom stereocenters. The van der Waals surface area contributed by atoms with Crippen LogP contribution in [0.3, 0.4) is 0 Å². The van der Waals surface area contributed by atoms with Crippen LogP contribution in [0.25, 0.3) is 11.3 Å². The molecule has 0 aliphatic heterocycles. The predicted octanol–water partition coefficient (Wildman–Crippen LogP) is 5.00. The molecule has 26 heavy (non-hydrogen) atoms. The fourth-order valence-electron chi connectivity index (χ4n) is 2.49. The normalized spacial score (nSPS) is 11.0. The van der Waals surface area contributed by atoms with Crippen molar-refractivity contribution in [2.45, 2.75) is 20.8 Å². The summed E-state index contributed by atoms with van der Waals surface area (Å²) in [7, 11) is 0. The third-order valence-corrected chi connectivity index (χ3v) is 4.10. The largest absolute Gasteiger partial charge is 0.455 e. The first-order valence-corrected chi connectivity index (χ1v) is 7.80. The van der Waals surface area contributed by atoms with Gasteiger partial charge in [0, 0.05) is 22.8 Å². The maximum absolute atomic E-state index is 11.1. The molecule has 3 aromatic rings. The lowest BCUT2D eigenvalue weighted by Gasteiger charge is -2.00. The molecule has 1 aromatic carbocycles. The number of hydrogen-bond donors (Lipinski definition) is 0. The van der Waals surface area contributed by atoms with Gasteiger partial charge >= 0.3 is 0 Å². The van der Waals surface area contributed by atoms with E-state index >= 15 is 0 Å². The zero-order valence-corrected chi connectivity index (χ0v) is 14.4. The van der Waals surface area contributed by atoms with Gasteiger partial charge < -0.3 is 8.83 Å². The van der Waals surface area contributed by atoms with Gasteiger partial charge in [-0.2, -0.15) is 5.26 Å². The van der Waals surface area contributed by atoms with Gasteiger partial charge in [-0.25, -0.2) is 4.99 Å². The molecule has 7 nitrogen and oxygen atoms in total. The topological polar surface area (TPSA) is 106 Å². The number of nitrogens with zero attached hydrogens (tertiary/aromatic N) is 3. The molecule has 3 rings (SSSR count). The van der Waals surface area contributed by atoms with Crippen LogP contribution in [0.4, 0.5) is 11.6 Å². The molecule has 0 aliphatic rings. The Morgan fingerprint density at radius 3 is 2.65 bits per heavy atom. The summed E-state index contributed by atoms with van der Waals surface area (Å²) >= 11 is 0. The quantitative estimate of drug-likeness (QED) is 0.374. The number of hydrogen-bond acceptors (Lipinski definition) is 6. The molecule has 0 N–H and O–H groups in total. The number of nitriles is 1. The van der Waals surface area contributed by atoms with Crippen molar-refractivity contribution in [3.05, 3.63) is 68.7 Å². The van der Waals surface area contributed by atoms with E-state index in [0.717, 1.165) is 5.56 Å². The van der Waals surface area contributed by atoms with Crippen LogP contribution in [0.5, 0.6) is 0 Å². The van der Waals surface area contributed by atoms with Crippen molar-refractivity contribution in [3.63, 3.8) is 0 Å². The van der Waals surface area contributed by atoms with Gasteiger partial charge in [0.1, 0.15) is 28.9 Å². The molecule has 0 amide bonds. The molecule has 2 aromatic heterocycles. The lowest BCUT2D eigenvalue weighted by molar-refractivity contribution is -0.385. The van der Waals surface area contributed by atoms with Gasteiger partial charge in [-0.05, 0) is 32.9 Å². The number of furan rings is 2. The van der Waals surface area contributed by atoms with Crippen molar-refractivity contribution in [1.29, 1.82) is 5.26 Å². The predicted molar refractivity (Wildman–Crippen MR) is 95.7 cm³/mol. The maximum Gasteiger partial charge on any atom is 0.273 e. The Labute approximate surface area is 149 Å². The summed E-state index contributed by atoms with van der Waals surface area (Å²) in [5, 5.41) is 20.3. The first-order chi connectivity index (χ1) is 12.4.